The highest BCUT2D eigenvalue weighted by Gasteiger charge is 2.65. The Hall–Kier alpha value is -2.96. The number of carbonyl (C=O) groups excluding carboxylic acids is 4. The zero-order valence-corrected chi connectivity index (χ0v) is 19.6. The number of carbonyl (C=O) groups is 4. The normalized spacial score (nSPS) is 32.7. The molecule has 0 saturated carbocycles. The molecule has 0 aromatic rings. The molecule has 3 aliphatic rings. The Kier molecular flexibility index (Phi) is 6.31. The lowest BCUT2D eigenvalue weighted by atomic mass is 9.77. The molecule has 2 aliphatic carbocycles. The van der Waals surface area contributed by atoms with Gasteiger partial charge in [-0.2, -0.15) is 0 Å². The molecule has 7 heteroatoms. The number of hydrogen-bond donors (Lipinski definition) is 0. The van der Waals surface area contributed by atoms with Crippen LogP contribution in [0.1, 0.15) is 54.9 Å². The molecule has 1 heterocycles. The van der Waals surface area contributed by atoms with Crippen molar-refractivity contribution >= 4 is 23.7 Å². The number of rotatable bonds is 4. The smallest absolute Gasteiger partial charge is 0.351 e. The van der Waals surface area contributed by atoms with Gasteiger partial charge in [0.1, 0.15) is 12.2 Å². The summed E-state index contributed by atoms with van der Waals surface area (Å²) in [6, 6.07) is 0. The van der Waals surface area contributed by atoms with E-state index in [-0.39, 0.29) is 12.2 Å². The zero-order valence-electron chi connectivity index (χ0n) is 19.6. The van der Waals surface area contributed by atoms with Crippen LogP contribution >= 0.6 is 0 Å². The summed E-state index contributed by atoms with van der Waals surface area (Å²) >= 11 is 0. The van der Waals surface area contributed by atoms with Crippen molar-refractivity contribution in [3.8, 4) is 0 Å². The van der Waals surface area contributed by atoms with Crippen LogP contribution < -0.4 is 0 Å². The predicted octanol–water partition coefficient (Wildman–Crippen LogP) is 3.54. The van der Waals surface area contributed by atoms with Crippen molar-refractivity contribution in [3.05, 3.63) is 46.1 Å². The minimum absolute atomic E-state index is 0.133. The maximum absolute atomic E-state index is 13.1. The van der Waals surface area contributed by atoms with E-state index in [2.05, 4.69) is 0 Å². The molecular formula is C25H30O7. The van der Waals surface area contributed by atoms with E-state index >= 15 is 0 Å². The maximum atomic E-state index is 13.1. The molecule has 172 valence electrons. The van der Waals surface area contributed by atoms with Gasteiger partial charge in [-0.25, -0.2) is 14.4 Å². The Labute approximate surface area is 188 Å². The van der Waals surface area contributed by atoms with E-state index in [9.17, 15) is 19.2 Å². The number of hydrogen-bond acceptors (Lipinski definition) is 7. The van der Waals surface area contributed by atoms with Crippen LogP contribution in [0.25, 0.3) is 0 Å². The molecule has 0 radical (unpaired) electrons. The third kappa shape index (κ3) is 3.74. The molecule has 0 unspecified atom stereocenters. The largest absolute Gasteiger partial charge is 0.458 e. The lowest BCUT2D eigenvalue weighted by Gasteiger charge is -2.34. The average Bonchev–Trinajstić information content (AvgIpc) is 3.12. The maximum Gasteiger partial charge on any atom is 0.351 e. The first-order chi connectivity index (χ1) is 15.0. The van der Waals surface area contributed by atoms with Crippen LogP contribution in [0.4, 0.5) is 0 Å². The molecule has 3 rings (SSSR count). The van der Waals surface area contributed by atoms with Crippen molar-refractivity contribution in [1.82, 2.24) is 0 Å². The Morgan fingerprint density at radius 1 is 1.09 bits per heavy atom. The first-order valence-corrected chi connectivity index (χ1v) is 10.8. The SMILES string of the molecule is CC=C(C)C(=O)O[C@H]1CC(C)=C2C(=O)C=C(C)[C@@H]2[C@H]2OC(=O)[C@@](C)(OC(=O)C(C)=CC)[C@@H]21. The van der Waals surface area contributed by atoms with Crippen LogP contribution in [0.5, 0.6) is 0 Å². The average molecular weight is 443 g/mol. The summed E-state index contributed by atoms with van der Waals surface area (Å²) in [5, 5.41) is 0. The molecule has 32 heavy (non-hydrogen) atoms. The van der Waals surface area contributed by atoms with Gasteiger partial charge in [-0.05, 0) is 54.5 Å². The molecule has 0 spiro atoms. The molecule has 1 aliphatic heterocycles. The van der Waals surface area contributed by atoms with Crippen LogP contribution in [0.3, 0.4) is 0 Å². The topological polar surface area (TPSA) is 96.0 Å². The molecular weight excluding hydrogens is 412 g/mol. The van der Waals surface area contributed by atoms with Crippen LogP contribution in [0, 0.1) is 11.8 Å². The van der Waals surface area contributed by atoms with Gasteiger partial charge in [-0.3, -0.25) is 4.79 Å². The second kappa shape index (κ2) is 8.52. The lowest BCUT2D eigenvalue weighted by Crippen LogP contribution is -2.50. The quantitative estimate of drug-likeness (QED) is 0.373. The van der Waals surface area contributed by atoms with Gasteiger partial charge in [0.05, 0.1) is 5.92 Å². The van der Waals surface area contributed by atoms with Gasteiger partial charge in [-0.15, -0.1) is 0 Å². The zero-order chi connectivity index (χ0) is 24.0. The second-order valence-corrected chi connectivity index (χ2v) is 8.91. The molecule has 5 atom stereocenters. The summed E-state index contributed by atoms with van der Waals surface area (Å²) < 4.78 is 17.4. The van der Waals surface area contributed by atoms with Crippen molar-refractivity contribution in [1.29, 1.82) is 0 Å². The molecule has 0 amide bonds. The highest BCUT2D eigenvalue weighted by atomic mass is 16.6. The first-order valence-electron chi connectivity index (χ1n) is 10.8. The van der Waals surface area contributed by atoms with Gasteiger partial charge in [-0.1, -0.05) is 23.3 Å². The molecule has 0 aromatic heterocycles. The molecule has 0 N–H and O–H groups in total. The molecule has 0 aromatic carbocycles. The number of allylic oxidation sites excluding steroid dienone is 3. The third-order valence-corrected chi connectivity index (χ3v) is 6.83. The van der Waals surface area contributed by atoms with Crippen molar-refractivity contribution in [3.63, 3.8) is 0 Å². The summed E-state index contributed by atoms with van der Waals surface area (Å²) in [6.45, 7) is 11.8. The minimum atomic E-state index is -1.68. The fraction of sp³-hybridized carbons (Fsp3) is 0.520. The van der Waals surface area contributed by atoms with Crippen LogP contribution in [0.2, 0.25) is 0 Å². The Morgan fingerprint density at radius 2 is 1.69 bits per heavy atom. The number of ketones is 1. The van der Waals surface area contributed by atoms with Gasteiger partial charge in [0, 0.05) is 29.1 Å². The van der Waals surface area contributed by atoms with Crippen LogP contribution in [-0.4, -0.2) is 41.5 Å². The van der Waals surface area contributed by atoms with E-state index in [1.165, 1.54) is 6.92 Å². The van der Waals surface area contributed by atoms with Crippen molar-refractivity contribution in [2.75, 3.05) is 0 Å². The van der Waals surface area contributed by atoms with E-state index in [1.54, 1.807) is 45.9 Å². The summed E-state index contributed by atoms with van der Waals surface area (Å²) in [5.41, 5.74) is 1.18. The molecule has 1 saturated heterocycles. The van der Waals surface area contributed by atoms with E-state index in [0.717, 1.165) is 11.1 Å². The van der Waals surface area contributed by atoms with E-state index in [0.29, 0.717) is 16.7 Å². The molecule has 0 bridgehead atoms. The Balaban J connectivity index is 2.12. The lowest BCUT2D eigenvalue weighted by molar-refractivity contribution is -0.175. The van der Waals surface area contributed by atoms with Crippen molar-refractivity contribution < 1.29 is 33.4 Å². The van der Waals surface area contributed by atoms with Crippen molar-refractivity contribution in [2.24, 2.45) is 11.8 Å². The number of fused-ring (bicyclic) bond motifs is 3. The van der Waals surface area contributed by atoms with E-state index in [4.69, 9.17) is 14.2 Å². The Bertz CT molecular complexity index is 1010. The fourth-order valence-electron chi connectivity index (χ4n) is 4.76. The number of ether oxygens (including phenoxy) is 3. The second-order valence-electron chi connectivity index (χ2n) is 8.91. The molecule has 1 fully saturated rings. The van der Waals surface area contributed by atoms with Crippen molar-refractivity contribution in [2.45, 2.75) is 72.7 Å². The third-order valence-electron chi connectivity index (χ3n) is 6.83. The van der Waals surface area contributed by atoms with Gasteiger partial charge < -0.3 is 14.2 Å². The van der Waals surface area contributed by atoms with Gasteiger partial charge >= 0.3 is 17.9 Å². The van der Waals surface area contributed by atoms with Crippen LogP contribution in [0.15, 0.2) is 46.1 Å². The van der Waals surface area contributed by atoms with E-state index < -0.39 is 47.6 Å². The summed E-state index contributed by atoms with van der Waals surface area (Å²) in [7, 11) is 0. The highest BCUT2D eigenvalue weighted by molar-refractivity contribution is 6.09. The summed E-state index contributed by atoms with van der Waals surface area (Å²) in [5.74, 6) is -3.27. The summed E-state index contributed by atoms with van der Waals surface area (Å²) in [4.78, 5) is 51.1. The Morgan fingerprint density at radius 3 is 2.28 bits per heavy atom. The standard InChI is InChI=1S/C25H30O7/c1-8-12(3)22(27)30-17-11-15(6)18-16(26)10-14(5)19(18)21-20(17)25(7,24(29)31-21)32-23(28)13(4)9-2/h8-10,17,19-21H,11H2,1-7H3/t17-,19-,20+,21+,25-/m0/s1. The fourth-order valence-corrected chi connectivity index (χ4v) is 4.76. The monoisotopic (exact) mass is 442 g/mol. The van der Waals surface area contributed by atoms with Crippen LogP contribution in [-0.2, 0) is 33.4 Å². The summed E-state index contributed by atoms with van der Waals surface area (Å²) in [6.07, 6.45) is 3.39. The number of esters is 3. The van der Waals surface area contributed by atoms with Gasteiger partial charge in [0.2, 0.25) is 5.60 Å². The molecule has 7 nitrogen and oxygen atoms in total. The minimum Gasteiger partial charge on any atom is -0.458 e. The van der Waals surface area contributed by atoms with Gasteiger partial charge in [0.15, 0.2) is 5.78 Å². The predicted molar refractivity (Wildman–Crippen MR) is 116 cm³/mol. The van der Waals surface area contributed by atoms with E-state index in [1.807, 2.05) is 13.8 Å². The highest BCUT2D eigenvalue weighted by Crippen LogP contribution is 2.51. The first kappa shape index (κ1) is 23.7. The van der Waals surface area contributed by atoms with Gasteiger partial charge in [0.25, 0.3) is 0 Å².